The van der Waals surface area contributed by atoms with Gasteiger partial charge in [0, 0.05) is 31.7 Å². The molecule has 1 amide bonds. The van der Waals surface area contributed by atoms with Gasteiger partial charge in [0.2, 0.25) is 5.91 Å². The van der Waals surface area contributed by atoms with E-state index in [2.05, 4.69) is 15.1 Å². The normalized spacial score (nSPS) is 13.7. The Labute approximate surface area is 182 Å². The van der Waals surface area contributed by atoms with Gasteiger partial charge in [0.25, 0.3) is 0 Å². The summed E-state index contributed by atoms with van der Waals surface area (Å²) < 4.78 is 10.4. The van der Waals surface area contributed by atoms with Crippen LogP contribution in [0.2, 0.25) is 0 Å². The summed E-state index contributed by atoms with van der Waals surface area (Å²) in [5, 5.41) is 8.79. The summed E-state index contributed by atoms with van der Waals surface area (Å²) in [5.41, 5.74) is 2.76. The van der Waals surface area contributed by atoms with E-state index in [-0.39, 0.29) is 5.91 Å². The lowest BCUT2D eigenvalue weighted by Crippen LogP contribution is -2.49. The monoisotopic (exact) mass is 418 g/mol. The molecule has 3 aromatic rings. The van der Waals surface area contributed by atoms with Crippen molar-refractivity contribution in [3.05, 3.63) is 66.2 Å². The van der Waals surface area contributed by atoms with E-state index in [1.54, 1.807) is 14.2 Å². The van der Waals surface area contributed by atoms with Gasteiger partial charge in [-0.3, -0.25) is 4.79 Å². The number of rotatable bonds is 6. The second kappa shape index (κ2) is 9.47. The second-order valence-electron chi connectivity index (χ2n) is 7.40. The molecular weight excluding hydrogens is 392 g/mol. The molecular formula is C24H26N4O3. The molecule has 7 nitrogen and oxygen atoms in total. The summed E-state index contributed by atoms with van der Waals surface area (Å²) in [5.74, 6) is 2.56. The first-order chi connectivity index (χ1) is 15.2. The minimum absolute atomic E-state index is 0.143. The second-order valence-corrected chi connectivity index (χ2v) is 7.40. The minimum Gasteiger partial charge on any atom is -0.497 e. The number of piperazine rings is 1. The zero-order valence-corrected chi connectivity index (χ0v) is 17.8. The van der Waals surface area contributed by atoms with Crippen molar-refractivity contribution in [1.82, 2.24) is 15.1 Å². The van der Waals surface area contributed by atoms with Gasteiger partial charge in [0.15, 0.2) is 5.82 Å². The zero-order chi connectivity index (χ0) is 21.6. The van der Waals surface area contributed by atoms with Crippen LogP contribution < -0.4 is 14.4 Å². The molecule has 0 unspecified atom stereocenters. The van der Waals surface area contributed by atoms with E-state index in [9.17, 15) is 4.79 Å². The quantitative estimate of drug-likeness (QED) is 0.613. The van der Waals surface area contributed by atoms with Gasteiger partial charge < -0.3 is 19.3 Å². The average Bonchev–Trinajstić information content (AvgIpc) is 2.85. The number of benzene rings is 2. The van der Waals surface area contributed by atoms with Gasteiger partial charge in [-0.05, 0) is 42.0 Å². The number of carbonyl (C=O) groups excluding carboxylic acids is 1. The molecule has 0 radical (unpaired) electrons. The lowest BCUT2D eigenvalue weighted by Gasteiger charge is -2.35. The third-order valence-electron chi connectivity index (χ3n) is 5.49. The molecule has 7 heteroatoms. The lowest BCUT2D eigenvalue weighted by atomic mass is 10.1. The van der Waals surface area contributed by atoms with Crippen LogP contribution >= 0.6 is 0 Å². The molecule has 1 aromatic heterocycles. The number of methoxy groups -OCH3 is 2. The highest BCUT2D eigenvalue weighted by Gasteiger charge is 2.22. The van der Waals surface area contributed by atoms with Crippen LogP contribution in [0.25, 0.3) is 11.3 Å². The van der Waals surface area contributed by atoms with Gasteiger partial charge in [0.1, 0.15) is 11.5 Å². The van der Waals surface area contributed by atoms with E-state index in [0.29, 0.717) is 19.5 Å². The van der Waals surface area contributed by atoms with Crippen LogP contribution in [0.15, 0.2) is 60.7 Å². The average molecular weight is 418 g/mol. The molecule has 1 aliphatic rings. The van der Waals surface area contributed by atoms with Crippen LogP contribution in [0, 0.1) is 0 Å². The molecule has 0 spiro atoms. The lowest BCUT2D eigenvalue weighted by molar-refractivity contribution is -0.130. The summed E-state index contributed by atoms with van der Waals surface area (Å²) in [6, 6.07) is 19.4. The van der Waals surface area contributed by atoms with Crippen LogP contribution in [0.3, 0.4) is 0 Å². The Hall–Kier alpha value is -3.61. The smallest absolute Gasteiger partial charge is 0.227 e. The Morgan fingerprint density at radius 3 is 2.26 bits per heavy atom. The number of amides is 1. The summed E-state index contributed by atoms with van der Waals surface area (Å²) in [7, 11) is 3.28. The van der Waals surface area contributed by atoms with Crippen molar-refractivity contribution in [3.63, 3.8) is 0 Å². The molecule has 1 fully saturated rings. The maximum atomic E-state index is 12.7. The number of aromatic nitrogens is 2. The van der Waals surface area contributed by atoms with Crippen molar-refractivity contribution in [2.45, 2.75) is 6.42 Å². The molecule has 0 saturated carbocycles. The number of hydrogen-bond donors (Lipinski definition) is 0. The SMILES string of the molecule is COc1ccc(CC(=O)N2CCN(c3ccc(-c4cccc(OC)c4)nn3)CC2)cc1. The first-order valence-corrected chi connectivity index (χ1v) is 10.3. The van der Waals surface area contributed by atoms with Gasteiger partial charge in [-0.2, -0.15) is 0 Å². The molecule has 2 heterocycles. The Morgan fingerprint density at radius 1 is 0.871 bits per heavy atom. The molecule has 1 aliphatic heterocycles. The highest BCUT2D eigenvalue weighted by Crippen LogP contribution is 2.23. The minimum atomic E-state index is 0.143. The predicted octanol–water partition coefficient (Wildman–Crippen LogP) is 3.05. The Kier molecular flexibility index (Phi) is 6.31. The Morgan fingerprint density at radius 2 is 1.61 bits per heavy atom. The fourth-order valence-electron chi connectivity index (χ4n) is 3.65. The molecule has 2 aromatic carbocycles. The van der Waals surface area contributed by atoms with Gasteiger partial charge in [0.05, 0.1) is 26.3 Å². The number of nitrogens with zero attached hydrogens (tertiary/aromatic N) is 4. The summed E-state index contributed by atoms with van der Waals surface area (Å²) in [4.78, 5) is 16.7. The van der Waals surface area contributed by atoms with Crippen molar-refractivity contribution in [1.29, 1.82) is 0 Å². The highest BCUT2D eigenvalue weighted by atomic mass is 16.5. The first-order valence-electron chi connectivity index (χ1n) is 10.3. The highest BCUT2D eigenvalue weighted by molar-refractivity contribution is 5.79. The van der Waals surface area contributed by atoms with Crippen LogP contribution in [-0.4, -0.2) is 61.4 Å². The molecule has 160 valence electrons. The zero-order valence-electron chi connectivity index (χ0n) is 17.8. The molecule has 1 saturated heterocycles. The van der Waals surface area contributed by atoms with E-state index in [1.165, 1.54) is 0 Å². The molecule has 0 atom stereocenters. The summed E-state index contributed by atoms with van der Waals surface area (Å²) >= 11 is 0. The largest absolute Gasteiger partial charge is 0.497 e. The van der Waals surface area contributed by atoms with Gasteiger partial charge in [-0.25, -0.2) is 0 Å². The van der Waals surface area contributed by atoms with Crippen LogP contribution in [0.1, 0.15) is 5.56 Å². The van der Waals surface area contributed by atoms with Gasteiger partial charge in [-0.15, -0.1) is 10.2 Å². The Bertz CT molecular complexity index is 1010. The van der Waals surface area contributed by atoms with E-state index in [1.807, 2.05) is 65.6 Å². The molecule has 0 N–H and O–H groups in total. The summed E-state index contributed by atoms with van der Waals surface area (Å²) in [6.07, 6.45) is 0.402. The maximum Gasteiger partial charge on any atom is 0.227 e. The number of carbonyl (C=O) groups is 1. The fourth-order valence-corrected chi connectivity index (χ4v) is 3.65. The third kappa shape index (κ3) is 4.94. The Balaban J connectivity index is 1.33. The fraction of sp³-hybridized carbons (Fsp3) is 0.292. The summed E-state index contributed by atoms with van der Waals surface area (Å²) in [6.45, 7) is 2.83. The van der Waals surface area contributed by atoms with Crippen LogP contribution in [-0.2, 0) is 11.2 Å². The van der Waals surface area contributed by atoms with Crippen molar-refractivity contribution < 1.29 is 14.3 Å². The standard InChI is InChI=1S/C24H26N4O3/c1-30-20-8-6-18(7-9-20)16-24(29)28-14-12-27(13-15-28)23-11-10-22(25-26-23)19-4-3-5-21(17-19)31-2/h3-11,17H,12-16H2,1-2H3. The topological polar surface area (TPSA) is 67.8 Å². The maximum absolute atomic E-state index is 12.7. The van der Waals surface area contributed by atoms with Crippen LogP contribution in [0.4, 0.5) is 5.82 Å². The van der Waals surface area contributed by atoms with Crippen LogP contribution in [0.5, 0.6) is 11.5 Å². The van der Waals surface area contributed by atoms with Crippen molar-refractivity contribution in [2.24, 2.45) is 0 Å². The number of hydrogen-bond acceptors (Lipinski definition) is 6. The van der Waals surface area contributed by atoms with Gasteiger partial charge in [-0.1, -0.05) is 24.3 Å². The third-order valence-corrected chi connectivity index (χ3v) is 5.49. The first kappa shape index (κ1) is 20.7. The molecule has 4 rings (SSSR count). The van der Waals surface area contributed by atoms with Gasteiger partial charge >= 0.3 is 0 Å². The van der Waals surface area contributed by atoms with E-state index < -0.39 is 0 Å². The molecule has 0 aliphatic carbocycles. The number of anilines is 1. The van der Waals surface area contributed by atoms with E-state index in [4.69, 9.17) is 9.47 Å². The number of ether oxygens (including phenoxy) is 2. The van der Waals surface area contributed by atoms with Crippen molar-refractivity contribution >= 4 is 11.7 Å². The predicted molar refractivity (Wildman–Crippen MR) is 120 cm³/mol. The molecule has 0 bridgehead atoms. The van der Waals surface area contributed by atoms with Crippen molar-refractivity contribution in [3.8, 4) is 22.8 Å². The van der Waals surface area contributed by atoms with Crippen molar-refractivity contribution in [2.75, 3.05) is 45.3 Å². The van der Waals surface area contributed by atoms with E-state index in [0.717, 1.165) is 47.2 Å². The molecule has 31 heavy (non-hydrogen) atoms. The van der Waals surface area contributed by atoms with E-state index >= 15 is 0 Å².